The SMILES string of the molecule is CCCCC(CCC)Nc1c(Cl)cc(N)cc1Cl. The zero-order chi connectivity index (χ0) is 13.5. The van der Waals surface area contributed by atoms with Crippen LogP contribution in [0.15, 0.2) is 12.1 Å². The number of nitrogen functional groups attached to an aromatic ring is 1. The zero-order valence-electron chi connectivity index (χ0n) is 11.1. The van der Waals surface area contributed by atoms with Crippen LogP contribution in [-0.2, 0) is 0 Å². The molecule has 0 saturated carbocycles. The number of benzene rings is 1. The number of hydrogen-bond acceptors (Lipinski definition) is 2. The molecule has 1 aromatic rings. The molecule has 0 spiro atoms. The van der Waals surface area contributed by atoms with Crippen molar-refractivity contribution in [3.8, 4) is 0 Å². The lowest BCUT2D eigenvalue weighted by Gasteiger charge is -2.21. The third-order valence-electron chi connectivity index (χ3n) is 2.96. The molecule has 1 aromatic carbocycles. The minimum Gasteiger partial charge on any atom is -0.399 e. The molecular weight excluding hydrogens is 267 g/mol. The van der Waals surface area contributed by atoms with Crippen molar-refractivity contribution in [1.29, 1.82) is 0 Å². The van der Waals surface area contributed by atoms with Gasteiger partial charge in [-0.1, -0.05) is 56.3 Å². The molecule has 0 aliphatic rings. The number of unbranched alkanes of at least 4 members (excludes halogenated alkanes) is 1. The average Bonchev–Trinajstić information content (AvgIpc) is 2.30. The summed E-state index contributed by atoms with van der Waals surface area (Å²) < 4.78 is 0. The summed E-state index contributed by atoms with van der Waals surface area (Å²) in [5.74, 6) is 0. The Morgan fingerprint density at radius 1 is 1.11 bits per heavy atom. The summed E-state index contributed by atoms with van der Waals surface area (Å²) in [5.41, 5.74) is 7.10. The molecule has 3 N–H and O–H groups in total. The Bertz CT molecular complexity index is 357. The number of halogens is 2. The van der Waals surface area contributed by atoms with E-state index in [1.165, 1.54) is 12.8 Å². The van der Waals surface area contributed by atoms with Gasteiger partial charge >= 0.3 is 0 Å². The molecule has 0 bridgehead atoms. The van der Waals surface area contributed by atoms with Gasteiger partial charge in [-0.3, -0.25) is 0 Å². The molecule has 1 atom stereocenters. The molecule has 1 unspecified atom stereocenters. The Hall–Kier alpha value is -0.600. The Kier molecular flexibility index (Phi) is 6.66. The molecule has 0 fully saturated rings. The first-order valence-electron chi connectivity index (χ1n) is 6.59. The molecule has 2 nitrogen and oxygen atoms in total. The second-order valence-corrected chi connectivity index (χ2v) is 5.45. The number of nitrogens with two attached hydrogens (primary N) is 1. The van der Waals surface area contributed by atoms with Crippen LogP contribution in [-0.4, -0.2) is 6.04 Å². The topological polar surface area (TPSA) is 38.0 Å². The van der Waals surface area contributed by atoms with Crippen molar-refractivity contribution in [2.45, 2.75) is 52.0 Å². The van der Waals surface area contributed by atoms with E-state index in [0.717, 1.165) is 24.9 Å². The summed E-state index contributed by atoms with van der Waals surface area (Å²) >= 11 is 12.4. The summed E-state index contributed by atoms with van der Waals surface area (Å²) in [4.78, 5) is 0. The largest absolute Gasteiger partial charge is 0.399 e. The molecule has 102 valence electrons. The predicted molar refractivity (Wildman–Crippen MR) is 82.7 cm³/mol. The molecule has 0 amide bonds. The van der Waals surface area contributed by atoms with E-state index in [9.17, 15) is 0 Å². The second-order valence-electron chi connectivity index (χ2n) is 4.63. The van der Waals surface area contributed by atoms with Gasteiger partial charge in [-0.2, -0.15) is 0 Å². The highest BCUT2D eigenvalue weighted by Crippen LogP contribution is 2.34. The van der Waals surface area contributed by atoms with E-state index in [4.69, 9.17) is 28.9 Å². The average molecular weight is 289 g/mol. The van der Waals surface area contributed by atoms with Crippen LogP contribution < -0.4 is 11.1 Å². The van der Waals surface area contributed by atoms with E-state index in [-0.39, 0.29) is 0 Å². The van der Waals surface area contributed by atoms with Crippen LogP contribution in [0.4, 0.5) is 11.4 Å². The fourth-order valence-electron chi connectivity index (χ4n) is 2.02. The fourth-order valence-corrected chi connectivity index (χ4v) is 2.64. The number of anilines is 2. The zero-order valence-corrected chi connectivity index (χ0v) is 12.6. The lowest BCUT2D eigenvalue weighted by atomic mass is 10.0. The van der Waals surface area contributed by atoms with Crippen molar-refractivity contribution in [2.24, 2.45) is 0 Å². The fraction of sp³-hybridized carbons (Fsp3) is 0.571. The molecule has 18 heavy (non-hydrogen) atoms. The van der Waals surface area contributed by atoms with E-state index in [0.29, 0.717) is 21.8 Å². The van der Waals surface area contributed by atoms with E-state index < -0.39 is 0 Å². The van der Waals surface area contributed by atoms with Gasteiger partial charge in [0, 0.05) is 11.7 Å². The minimum atomic E-state index is 0.425. The summed E-state index contributed by atoms with van der Waals surface area (Å²) in [6.45, 7) is 4.39. The highest BCUT2D eigenvalue weighted by Gasteiger charge is 2.12. The van der Waals surface area contributed by atoms with Crippen molar-refractivity contribution in [3.05, 3.63) is 22.2 Å². The maximum absolute atomic E-state index is 6.19. The van der Waals surface area contributed by atoms with Crippen LogP contribution >= 0.6 is 23.2 Å². The molecule has 0 aliphatic carbocycles. The van der Waals surface area contributed by atoms with Gasteiger partial charge in [-0.05, 0) is 25.0 Å². The first-order valence-corrected chi connectivity index (χ1v) is 7.35. The summed E-state index contributed by atoms with van der Waals surface area (Å²) in [6.07, 6.45) is 5.82. The van der Waals surface area contributed by atoms with Gasteiger partial charge in [-0.25, -0.2) is 0 Å². The highest BCUT2D eigenvalue weighted by atomic mass is 35.5. The van der Waals surface area contributed by atoms with Crippen LogP contribution in [0, 0.1) is 0 Å². The van der Waals surface area contributed by atoms with Crippen LogP contribution in [0.5, 0.6) is 0 Å². The number of hydrogen-bond donors (Lipinski definition) is 2. The monoisotopic (exact) mass is 288 g/mol. The van der Waals surface area contributed by atoms with Gasteiger partial charge in [0.05, 0.1) is 15.7 Å². The van der Waals surface area contributed by atoms with Crippen molar-refractivity contribution in [1.82, 2.24) is 0 Å². The normalized spacial score (nSPS) is 12.4. The maximum atomic E-state index is 6.19. The first-order chi connectivity index (χ1) is 8.58. The quantitative estimate of drug-likeness (QED) is 0.664. The van der Waals surface area contributed by atoms with E-state index >= 15 is 0 Å². The third kappa shape index (κ3) is 4.58. The molecule has 4 heteroatoms. The van der Waals surface area contributed by atoms with E-state index in [1.807, 2.05) is 0 Å². The van der Waals surface area contributed by atoms with Crippen molar-refractivity contribution in [2.75, 3.05) is 11.1 Å². The molecule has 0 heterocycles. The molecular formula is C14H22Cl2N2. The van der Waals surface area contributed by atoms with Gasteiger partial charge in [0.1, 0.15) is 0 Å². The van der Waals surface area contributed by atoms with E-state index in [1.54, 1.807) is 12.1 Å². The standard InChI is InChI=1S/C14H22Cl2N2/c1-3-5-7-11(6-4-2)18-14-12(15)8-10(17)9-13(14)16/h8-9,11,18H,3-7,17H2,1-2H3. The first kappa shape index (κ1) is 15.5. The minimum absolute atomic E-state index is 0.425. The predicted octanol–water partition coefficient (Wildman–Crippen LogP) is 5.35. The smallest absolute Gasteiger partial charge is 0.0722 e. The highest BCUT2D eigenvalue weighted by molar-refractivity contribution is 6.39. The van der Waals surface area contributed by atoms with Crippen LogP contribution in [0.25, 0.3) is 0 Å². The summed E-state index contributed by atoms with van der Waals surface area (Å²) in [6, 6.07) is 3.89. The third-order valence-corrected chi connectivity index (χ3v) is 3.55. The molecule has 0 radical (unpaired) electrons. The van der Waals surface area contributed by atoms with Crippen molar-refractivity contribution >= 4 is 34.6 Å². The Labute approximate surface area is 120 Å². The molecule has 0 saturated heterocycles. The number of nitrogens with one attached hydrogen (secondary N) is 1. The summed E-state index contributed by atoms with van der Waals surface area (Å²) in [7, 11) is 0. The van der Waals surface area contributed by atoms with Crippen LogP contribution in [0.1, 0.15) is 46.0 Å². The van der Waals surface area contributed by atoms with Gasteiger partial charge in [0.25, 0.3) is 0 Å². The van der Waals surface area contributed by atoms with Crippen molar-refractivity contribution in [3.63, 3.8) is 0 Å². The molecule has 0 aromatic heterocycles. The van der Waals surface area contributed by atoms with Gasteiger partial charge in [-0.15, -0.1) is 0 Å². The molecule has 1 rings (SSSR count). The van der Waals surface area contributed by atoms with Crippen molar-refractivity contribution < 1.29 is 0 Å². The van der Waals surface area contributed by atoms with Gasteiger partial charge in [0.2, 0.25) is 0 Å². The molecule has 0 aliphatic heterocycles. The maximum Gasteiger partial charge on any atom is 0.0722 e. The lowest BCUT2D eigenvalue weighted by Crippen LogP contribution is -2.19. The number of rotatable bonds is 7. The summed E-state index contributed by atoms with van der Waals surface area (Å²) in [5, 5.41) is 4.65. The Morgan fingerprint density at radius 2 is 1.72 bits per heavy atom. The van der Waals surface area contributed by atoms with E-state index in [2.05, 4.69) is 19.2 Å². The Morgan fingerprint density at radius 3 is 2.22 bits per heavy atom. The second kappa shape index (κ2) is 7.75. The van der Waals surface area contributed by atoms with Gasteiger partial charge in [0.15, 0.2) is 0 Å². The van der Waals surface area contributed by atoms with Crippen LogP contribution in [0.2, 0.25) is 10.0 Å². The van der Waals surface area contributed by atoms with Crippen LogP contribution in [0.3, 0.4) is 0 Å². The lowest BCUT2D eigenvalue weighted by molar-refractivity contribution is 0.564. The van der Waals surface area contributed by atoms with Gasteiger partial charge < -0.3 is 11.1 Å². The Balaban J connectivity index is 2.79.